The zero-order valence-corrected chi connectivity index (χ0v) is 16.9. The molecule has 1 aliphatic heterocycles. The number of aryl methyl sites for hydroxylation is 1. The summed E-state index contributed by atoms with van der Waals surface area (Å²) >= 11 is 0. The first-order valence-electron chi connectivity index (χ1n) is 10.2. The van der Waals surface area contributed by atoms with Crippen LogP contribution in [0.3, 0.4) is 0 Å². The number of β-amino-alcohol motifs (C(OH)–C–C–N with tert-alkyl or cyclic N) is 1. The highest BCUT2D eigenvalue weighted by atomic mass is 16.3. The fraction of sp³-hybridized carbons (Fsp3) is 0.810. The van der Waals surface area contributed by atoms with Crippen LogP contribution in [0.25, 0.3) is 0 Å². The van der Waals surface area contributed by atoms with Crippen molar-refractivity contribution in [3.8, 4) is 0 Å². The van der Waals surface area contributed by atoms with Crippen molar-refractivity contribution in [2.24, 2.45) is 17.3 Å². The number of hydrogen-bond donors (Lipinski definition) is 1. The first-order valence-corrected chi connectivity index (χ1v) is 10.2. The topological polar surface area (TPSA) is 52.5 Å². The van der Waals surface area contributed by atoms with E-state index in [1.165, 1.54) is 25.7 Å². The van der Waals surface area contributed by atoms with Gasteiger partial charge in [-0.1, -0.05) is 13.8 Å². The SMILES string of the molecule is Cc1ncc(N(C)C2CC3(CC3)C2)nc1C1CC(C(C)C)C(O)CN1C. The first-order chi connectivity index (χ1) is 12.3. The summed E-state index contributed by atoms with van der Waals surface area (Å²) in [6, 6.07) is 0.861. The Kier molecular flexibility index (Phi) is 4.51. The highest BCUT2D eigenvalue weighted by Gasteiger charge is 2.54. The van der Waals surface area contributed by atoms with Gasteiger partial charge in [0.05, 0.1) is 29.7 Å². The predicted octanol–water partition coefficient (Wildman–Crippen LogP) is 3.17. The number of likely N-dealkylation sites (tertiary alicyclic amines) is 1. The maximum absolute atomic E-state index is 10.5. The van der Waals surface area contributed by atoms with Crippen LogP contribution in [0.4, 0.5) is 5.82 Å². The molecule has 3 fully saturated rings. The van der Waals surface area contributed by atoms with Gasteiger partial charge in [0.15, 0.2) is 0 Å². The minimum absolute atomic E-state index is 0.239. The molecule has 5 nitrogen and oxygen atoms in total. The number of aliphatic hydroxyl groups excluding tert-OH is 1. The van der Waals surface area contributed by atoms with E-state index in [0.717, 1.165) is 23.6 Å². The summed E-state index contributed by atoms with van der Waals surface area (Å²) in [7, 11) is 4.28. The molecule has 2 saturated carbocycles. The van der Waals surface area contributed by atoms with Crippen LogP contribution in [0, 0.1) is 24.2 Å². The van der Waals surface area contributed by atoms with Crippen molar-refractivity contribution in [2.75, 3.05) is 25.5 Å². The van der Waals surface area contributed by atoms with Gasteiger partial charge < -0.3 is 10.0 Å². The largest absolute Gasteiger partial charge is 0.391 e. The monoisotopic (exact) mass is 358 g/mol. The number of rotatable bonds is 4. The molecule has 2 aliphatic carbocycles. The summed E-state index contributed by atoms with van der Waals surface area (Å²) in [6.45, 7) is 7.20. The van der Waals surface area contributed by atoms with E-state index in [-0.39, 0.29) is 12.1 Å². The molecular formula is C21H34N4O. The summed E-state index contributed by atoms with van der Waals surface area (Å²) < 4.78 is 0. The van der Waals surface area contributed by atoms with Gasteiger partial charge in [0.25, 0.3) is 0 Å². The molecule has 1 saturated heterocycles. The molecule has 1 aromatic rings. The molecule has 3 unspecified atom stereocenters. The Morgan fingerprint density at radius 1 is 1.31 bits per heavy atom. The van der Waals surface area contributed by atoms with Gasteiger partial charge in [-0.2, -0.15) is 0 Å². The van der Waals surface area contributed by atoms with Gasteiger partial charge in [-0.25, -0.2) is 4.98 Å². The molecule has 1 spiro atoms. The van der Waals surface area contributed by atoms with Crippen LogP contribution in [0.15, 0.2) is 6.20 Å². The highest BCUT2D eigenvalue weighted by molar-refractivity contribution is 5.40. The third-order valence-electron chi connectivity index (χ3n) is 7.35. The fourth-order valence-electron chi connectivity index (χ4n) is 5.11. The van der Waals surface area contributed by atoms with Crippen LogP contribution in [0.2, 0.25) is 0 Å². The quantitative estimate of drug-likeness (QED) is 0.896. The molecule has 1 aromatic heterocycles. The van der Waals surface area contributed by atoms with Crippen molar-refractivity contribution >= 4 is 5.82 Å². The number of piperidine rings is 1. The average molecular weight is 359 g/mol. The number of aromatic nitrogens is 2. The second-order valence-electron chi connectivity index (χ2n) is 9.54. The van der Waals surface area contributed by atoms with E-state index in [1.54, 1.807) is 0 Å². The molecule has 3 aliphatic rings. The maximum atomic E-state index is 10.5. The van der Waals surface area contributed by atoms with Crippen LogP contribution < -0.4 is 4.90 Å². The molecule has 2 heterocycles. The van der Waals surface area contributed by atoms with Gasteiger partial charge >= 0.3 is 0 Å². The molecule has 144 valence electrons. The molecule has 26 heavy (non-hydrogen) atoms. The minimum Gasteiger partial charge on any atom is -0.391 e. The van der Waals surface area contributed by atoms with E-state index in [0.29, 0.717) is 29.8 Å². The zero-order valence-electron chi connectivity index (χ0n) is 16.9. The van der Waals surface area contributed by atoms with E-state index in [2.05, 4.69) is 44.7 Å². The molecule has 0 aromatic carbocycles. The molecule has 1 N–H and O–H groups in total. The van der Waals surface area contributed by atoms with Crippen LogP contribution in [-0.2, 0) is 0 Å². The van der Waals surface area contributed by atoms with E-state index >= 15 is 0 Å². The van der Waals surface area contributed by atoms with Crippen LogP contribution in [-0.4, -0.2) is 52.8 Å². The van der Waals surface area contributed by atoms with Crippen LogP contribution >= 0.6 is 0 Å². The van der Waals surface area contributed by atoms with Gasteiger partial charge in [-0.05, 0) is 63.3 Å². The Hall–Kier alpha value is -1.20. The standard InChI is InChI=1S/C21H34N4O/c1-13(2)16-8-17(24(4)12-18(16)26)20-14(3)22-11-19(23-20)25(5)15-9-21(10-15)6-7-21/h11,13,15-18,26H,6-10,12H2,1-5H3. The van der Waals surface area contributed by atoms with Crippen molar-refractivity contribution in [3.05, 3.63) is 17.6 Å². The number of anilines is 1. The number of hydrogen-bond acceptors (Lipinski definition) is 5. The van der Waals surface area contributed by atoms with Crippen molar-refractivity contribution < 1.29 is 5.11 Å². The number of likely N-dealkylation sites (N-methyl/N-ethyl adjacent to an activating group) is 1. The zero-order chi connectivity index (χ0) is 18.6. The molecule has 0 radical (unpaired) electrons. The number of aliphatic hydroxyl groups is 1. The molecule has 0 bridgehead atoms. The summed E-state index contributed by atoms with van der Waals surface area (Å²) in [5.41, 5.74) is 2.81. The van der Waals surface area contributed by atoms with Crippen LogP contribution in [0.1, 0.15) is 63.4 Å². The Bertz CT molecular complexity index is 664. The summed E-state index contributed by atoms with van der Waals surface area (Å²) in [5, 5.41) is 10.5. The van der Waals surface area contributed by atoms with E-state index in [4.69, 9.17) is 9.97 Å². The Labute approximate surface area is 157 Å². The van der Waals surface area contributed by atoms with Gasteiger partial charge in [0, 0.05) is 19.6 Å². The lowest BCUT2D eigenvalue weighted by atomic mass is 9.76. The second kappa shape index (κ2) is 6.45. The fourth-order valence-corrected chi connectivity index (χ4v) is 5.11. The second-order valence-corrected chi connectivity index (χ2v) is 9.54. The normalized spacial score (nSPS) is 31.3. The third-order valence-corrected chi connectivity index (χ3v) is 7.35. The lowest BCUT2D eigenvalue weighted by Crippen LogP contribution is -2.46. The van der Waals surface area contributed by atoms with Crippen molar-refractivity contribution in [1.82, 2.24) is 14.9 Å². The van der Waals surface area contributed by atoms with Crippen molar-refractivity contribution in [3.63, 3.8) is 0 Å². The van der Waals surface area contributed by atoms with Gasteiger partial charge in [0.1, 0.15) is 5.82 Å². The first kappa shape index (κ1) is 18.2. The number of nitrogens with zero attached hydrogens (tertiary/aromatic N) is 4. The average Bonchev–Trinajstić information content (AvgIpc) is 3.34. The van der Waals surface area contributed by atoms with Gasteiger partial charge in [0.2, 0.25) is 0 Å². The molecule has 3 atom stereocenters. The van der Waals surface area contributed by atoms with Crippen LogP contribution in [0.5, 0.6) is 0 Å². The summed E-state index contributed by atoms with van der Waals surface area (Å²) in [6.07, 6.45) is 8.12. The summed E-state index contributed by atoms with van der Waals surface area (Å²) in [5.74, 6) is 1.80. The minimum atomic E-state index is -0.250. The van der Waals surface area contributed by atoms with Crippen molar-refractivity contribution in [1.29, 1.82) is 0 Å². The Morgan fingerprint density at radius 2 is 2.00 bits per heavy atom. The Morgan fingerprint density at radius 3 is 2.62 bits per heavy atom. The smallest absolute Gasteiger partial charge is 0.147 e. The third kappa shape index (κ3) is 3.13. The molecule has 4 rings (SSSR count). The van der Waals surface area contributed by atoms with Gasteiger partial charge in [-0.3, -0.25) is 9.88 Å². The van der Waals surface area contributed by atoms with Crippen molar-refractivity contribution in [2.45, 2.75) is 71.1 Å². The van der Waals surface area contributed by atoms with E-state index < -0.39 is 0 Å². The molecule has 0 amide bonds. The highest BCUT2D eigenvalue weighted by Crippen LogP contribution is 2.61. The molecule has 5 heteroatoms. The van der Waals surface area contributed by atoms with E-state index in [9.17, 15) is 5.11 Å². The maximum Gasteiger partial charge on any atom is 0.147 e. The van der Waals surface area contributed by atoms with E-state index in [1.807, 2.05) is 6.20 Å². The van der Waals surface area contributed by atoms with Gasteiger partial charge in [-0.15, -0.1) is 0 Å². The lowest BCUT2D eigenvalue weighted by molar-refractivity contribution is -0.0173. The summed E-state index contributed by atoms with van der Waals surface area (Å²) in [4.78, 5) is 14.4. The predicted molar refractivity (Wildman–Crippen MR) is 104 cm³/mol. The lowest BCUT2D eigenvalue weighted by Gasteiger charge is -2.43. The Balaban J connectivity index is 1.55. The molecular weight excluding hydrogens is 324 g/mol.